The van der Waals surface area contributed by atoms with Crippen molar-refractivity contribution in [2.75, 3.05) is 0 Å². The van der Waals surface area contributed by atoms with Gasteiger partial charge < -0.3 is 10.3 Å². The third-order valence-electron chi connectivity index (χ3n) is 3.70. The maximum absolute atomic E-state index is 5.99. The number of fused-ring (bicyclic) bond motifs is 1. The van der Waals surface area contributed by atoms with Crippen LogP contribution in [0.25, 0.3) is 0 Å². The van der Waals surface area contributed by atoms with Crippen LogP contribution in [0.2, 0.25) is 0 Å². The van der Waals surface area contributed by atoms with E-state index in [2.05, 4.69) is 40.7 Å². The zero-order valence-corrected chi connectivity index (χ0v) is 10.8. The summed E-state index contributed by atoms with van der Waals surface area (Å²) < 4.78 is 2.34. The number of imidazole rings is 1. The van der Waals surface area contributed by atoms with Crippen molar-refractivity contribution in [1.82, 2.24) is 9.55 Å². The Labute approximate surface area is 108 Å². The monoisotopic (exact) mass is 241 g/mol. The molecule has 2 N–H and O–H groups in total. The molecular weight excluding hydrogens is 222 g/mol. The van der Waals surface area contributed by atoms with Crippen LogP contribution in [-0.4, -0.2) is 15.6 Å². The van der Waals surface area contributed by atoms with Crippen LogP contribution in [0.4, 0.5) is 0 Å². The van der Waals surface area contributed by atoms with Gasteiger partial charge in [0.15, 0.2) is 0 Å². The second kappa shape index (κ2) is 4.58. The largest absolute Gasteiger partial charge is 0.332 e. The summed E-state index contributed by atoms with van der Waals surface area (Å²) >= 11 is 0. The van der Waals surface area contributed by atoms with E-state index in [0.29, 0.717) is 6.04 Å². The molecule has 0 saturated heterocycles. The smallest absolute Gasteiger partial charge is 0.113 e. The van der Waals surface area contributed by atoms with E-state index < -0.39 is 0 Å². The van der Waals surface area contributed by atoms with Gasteiger partial charge in [-0.05, 0) is 18.9 Å². The molecule has 0 saturated carbocycles. The van der Waals surface area contributed by atoms with Crippen LogP contribution >= 0.6 is 0 Å². The van der Waals surface area contributed by atoms with E-state index in [-0.39, 0.29) is 0 Å². The number of nitrogens with two attached hydrogens (primary N) is 1. The van der Waals surface area contributed by atoms with E-state index >= 15 is 0 Å². The first kappa shape index (κ1) is 11.5. The molecule has 0 spiro atoms. The van der Waals surface area contributed by atoms with E-state index in [1.54, 1.807) is 0 Å². The zero-order valence-electron chi connectivity index (χ0n) is 10.8. The fourth-order valence-corrected chi connectivity index (χ4v) is 2.58. The molecule has 1 aromatic carbocycles. The Bertz CT molecular complexity index is 539. The highest BCUT2D eigenvalue weighted by molar-refractivity contribution is 5.25. The average Bonchev–Trinajstić information content (AvgIpc) is 2.74. The Hall–Kier alpha value is -1.61. The fourth-order valence-electron chi connectivity index (χ4n) is 2.58. The van der Waals surface area contributed by atoms with Crippen LogP contribution in [0.15, 0.2) is 30.5 Å². The molecule has 1 atom stereocenters. The van der Waals surface area contributed by atoms with Gasteiger partial charge in [-0.2, -0.15) is 0 Å². The number of hydrogen-bond donors (Lipinski definition) is 1. The molecule has 2 aromatic rings. The van der Waals surface area contributed by atoms with Gasteiger partial charge in [-0.1, -0.05) is 29.8 Å². The number of hydrogen-bond acceptors (Lipinski definition) is 2. The minimum Gasteiger partial charge on any atom is -0.332 e. The van der Waals surface area contributed by atoms with Crippen molar-refractivity contribution in [3.8, 4) is 0 Å². The first-order valence-electron chi connectivity index (χ1n) is 6.57. The van der Waals surface area contributed by atoms with Crippen LogP contribution < -0.4 is 5.73 Å². The van der Waals surface area contributed by atoms with Gasteiger partial charge in [0.25, 0.3) is 0 Å². The number of nitrogens with zero attached hydrogens (tertiary/aromatic N) is 2. The third-order valence-corrected chi connectivity index (χ3v) is 3.70. The fraction of sp³-hybridized carbons (Fsp3) is 0.400. The molecule has 3 rings (SSSR count). The van der Waals surface area contributed by atoms with Crippen LogP contribution in [0.1, 0.15) is 29.1 Å². The predicted octanol–water partition coefficient (Wildman–Crippen LogP) is 2.06. The van der Waals surface area contributed by atoms with Gasteiger partial charge in [-0.15, -0.1) is 0 Å². The molecule has 1 aliphatic heterocycles. The van der Waals surface area contributed by atoms with Gasteiger partial charge in [0, 0.05) is 37.3 Å². The molecule has 18 heavy (non-hydrogen) atoms. The Balaban J connectivity index is 1.83. The zero-order chi connectivity index (χ0) is 12.5. The minimum atomic E-state index is 0.307. The van der Waals surface area contributed by atoms with Crippen LogP contribution in [0.5, 0.6) is 0 Å². The predicted molar refractivity (Wildman–Crippen MR) is 72.5 cm³/mol. The second-order valence-corrected chi connectivity index (χ2v) is 5.23. The summed E-state index contributed by atoms with van der Waals surface area (Å²) in [5, 5.41) is 0. The third kappa shape index (κ3) is 2.18. The highest BCUT2D eigenvalue weighted by Crippen LogP contribution is 2.18. The van der Waals surface area contributed by atoms with Crippen LogP contribution in [0.3, 0.4) is 0 Å². The molecule has 0 fully saturated rings. The SMILES string of the molecule is Cc1ccc(Cc2ncc3n2CCC(N)C3)cc1. The number of rotatable bonds is 2. The number of benzene rings is 1. The van der Waals surface area contributed by atoms with Gasteiger partial charge in [0.05, 0.1) is 0 Å². The maximum atomic E-state index is 5.99. The Morgan fingerprint density at radius 1 is 1.33 bits per heavy atom. The lowest BCUT2D eigenvalue weighted by atomic mass is 10.1. The van der Waals surface area contributed by atoms with Crippen molar-refractivity contribution < 1.29 is 0 Å². The maximum Gasteiger partial charge on any atom is 0.113 e. The summed E-state index contributed by atoms with van der Waals surface area (Å²) in [6.07, 6.45) is 4.92. The Kier molecular flexibility index (Phi) is 2.92. The average molecular weight is 241 g/mol. The Morgan fingerprint density at radius 3 is 2.89 bits per heavy atom. The van der Waals surface area contributed by atoms with Gasteiger partial charge >= 0.3 is 0 Å². The molecule has 0 bridgehead atoms. The van der Waals surface area contributed by atoms with Gasteiger partial charge in [-0.3, -0.25) is 0 Å². The minimum absolute atomic E-state index is 0.307. The standard InChI is InChI=1S/C15H19N3/c1-11-2-4-12(5-3-11)8-15-17-10-14-9-13(16)6-7-18(14)15/h2-5,10,13H,6-9,16H2,1H3. The van der Waals surface area contributed by atoms with Crippen molar-refractivity contribution in [3.05, 3.63) is 53.1 Å². The first-order valence-corrected chi connectivity index (χ1v) is 6.57. The number of aromatic nitrogens is 2. The summed E-state index contributed by atoms with van der Waals surface area (Å²) in [4.78, 5) is 4.56. The lowest BCUT2D eigenvalue weighted by molar-refractivity contribution is 0.462. The van der Waals surface area contributed by atoms with Gasteiger partial charge in [0.1, 0.15) is 5.82 Å². The van der Waals surface area contributed by atoms with Crippen molar-refractivity contribution in [2.24, 2.45) is 5.73 Å². The van der Waals surface area contributed by atoms with Gasteiger partial charge in [0.2, 0.25) is 0 Å². The molecule has 3 heteroatoms. The molecule has 2 heterocycles. The summed E-state index contributed by atoms with van der Waals surface area (Å²) in [6.45, 7) is 3.13. The molecule has 1 unspecified atom stereocenters. The van der Waals surface area contributed by atoms with Crippen molar-refractivity contribution in [2.45, 2.75) is 38.8 Å². The molecular formula is C15H19N3. The molecule has 94 valence electrons. The highest BCUT2D eigenvalue weighted by atomic mass is 15.1. The summed E-state index contributed by atoms with van der Waals surface area (Å²) in [7, 11) is 0. The van der Waals surface area contributed by atoms with E-state index in [9.17, 15) is 0 Å². The lowest BCUT2D eigenvalue weighted by Crippen LogP contribution is -2.31. The van der Waals surface area contributed by atoms with E-state index in [1.807, 2.05) is 6.20 Å². The summed E-state index contributed by atoms with van der Waals surface area (Å²) in [5.74, 6) is 1.17. The highest BCUT2D eigenvalue weighted by Gasteiger charge is 2.18. The lowest BCUT2D eigenvalue weighted by Gasteiger charge is -2.21. The molecule has 1 aliphatic rings. The van der Waals surface area contributed by atoms with Crippen molar-refractivity contribution in [3.63, 3.8) is 0 Å². The van der Waals surface area contributed by atoms with Gasteiger partial charge in [-0.25, -0.2) is 4.98 Å². The van der Waals surface area contributed by atoms with Crippen LogP contribution in [-0.2, 0) is 19.4 Å². The molecule has 0 radical (unpaired) electrons. The van der Waals surface area contributed by atoms with E-state index in [4.69, 9.17) is 5.73 Å². The number of aryl methyl sites for hydroxylation is 1. The quantitative estimate of drug-likeness (QED) is 0.874. The van der Waals surface area contributed by atoms with Crippen LogP contribution in [0, 0.1) is 6.92 Å². The van der Waals surface area contributed by atoms with E-state index in [0.717, 1.165) is 25.8 Å². The van der Waals surface area contributed by atoms with Crippen molar-refractivity contribution >= 4 is 0 Å². The second-order valence-electron chi connectivity index (χ2n) is 5.23. The Morgan fingerprint density at radius 2 is 2.11 bits per heavy atom. The summed E-state index contributed by atoms with van der Waals surface area (Å²) in [5.41, 5.74) is 9.90. The molecule has 0 aliphatic carbocycles. The topological polar surface area (TPSA) is 43.8 Å². The summed E-state index contributed by atoms with van der Waals surface area (Å²) in [6, 6.07) is 9.00. The molecule has 1 aromatic heterocycles. The molecule has 0 amide bonds. The van der Waals surface area contributed by atoms with E-state index in [1.165, 1.54) is 22.6 Å². The normalized spacial score (nSPS) is 18.7. The molecule has 3 nitrogen and oxygen atoms in total. The first-order chi connectivity index (χ1) is 8.72. The van der Waals surface area contributed by atoms with Crippen molar-refractivity contribution in [1.29, 1.82) is 0 Å².